The molecule has 216 valence electrons. The second-order valence-electron chi connectivity index (χ2n) is 10.6. The lowest BCUT2D eigenvalue weighted by molar-refractivity contribution is -0.134. The van der Waals surface area contributed by atoms with Crippen molar-refractivity contribution < 1.29 is 22.8 Å². The van der Waals surface area contributed by atoms with E-state index in [-0.39, 0.29) is 41.6 Å². The molecule has 0 aromatic heterocycles. The summed E-state index contributed by atoms with van der Waals surface area (Å²) in [6, 6.07) is 18.0. The fourth-order valence-electron chi connectivity index (χ4n) is 5.54. The van der Waals surface area contributed by atoms with E-state index in [9.17, 15) is 22.8 Å². The van der Waals surface area contributed by atoms with Crippen molar-refractivity contribution in [1.29, 1.82) is 0 Å². The number of amides is 3. The summed E-state index contributed by atoms with van der Waals surface area (Å²) in [5.41, 5.74) is 0.579. The minimum absolute atomic E-state index is 0.0860. The van der Waals surface area contributed by atoms with Crippen LogP contribution in [0, 0.1) is 0 Å². The largest absolute Gasteiger partial charge is 0.348 e. The number of sulfonamides is 1. The molecule has 9 nitrogen and oxygen atoms in total. The molecule has 2 aliphatic rings. The Bertz CT molecular complexity index is 1570. The molecule has 0 radical (unpaired) electrons. The van der Waals surface area contributed by atoms with Crippen LogP contribution in [0.4, 0.5) is 0 Å². The van der Waals surface area contributed by atoms with E-state index in [1.165, 1.54) is 13.1 Å². The Morgan fingerprint density at radius 2 is 1.73 bits per heavy atom. The lowest BCUT2D eigenvalue weighted by atomic mass is 10.0. The van der Waals surface area contributed by atoms with Gasteiger partial charge in [-0.15, -0.1) is 0 Å². The molecule has 1 N–H and O–H groups in total. The minimum Gasteiger partial charge on any atom is -0.348 e. The van der Waals surface area contributed by atoms with Crippen molar-refractivity contribution in [2.75, 3.05) is 33.2 Å². The van der Waals surface area contributed by atoms with Gasteiger partial charge in [-0.3, -0.25) is 14.4 Å². The quantitative estimate of drug-likeness (QED) is 0.428. The molecule has 3 aromatic rings. The summed E-state index contributed by atoms with van der Waals surface area (Å²) in [7, 11) is -2.50. The number of carbonyl (C=O) groups excluding carboxylic acids is 3. The number of halogens is 1. The molecule has 2 fully saturated rings. The first-order chi connectivity index (χ1) is 19.6. The summed E-state index contributed by atoms with van der Waals surface area (Å²) in [5.74, 6) is -0.550. The van der Waals surface area contributed by atoms with Crippen LogP contribution in [0.5, 0.6) is 0 Å². The van der Waals surface area contributed by atoms with Crippen LogP contribution in [-0.4, -0.2) is 85.6 Å². The molecule has 0 aliphatic carbocycles. The molecule has 3 amide bonds. The van der Waals surface area contributed by atoms with Crippen LogP contribution in [0.1, 0.15) is 36.0 Å². The standard InChI is InChI=1S/C30H33ClN4O5S/c1-33(41(39,40)26-12-10-22-18-24(31)11-9-23(22)19-26)27-13-16-34(30(27)38)17-14-28(36)35-15-5-8-25(20-35)32-29(37)21-6-3-2-4-7-21/h2-4,6-7,9-12,18-19,25,27H,5,8,13-17,20H2,1H3,(H,32,37)/t25?,27-/m0/s1. The molecule has 2 saturated heterocycles. The summed E-state index contributed by atoms with van der Waals surface area (Å²) < 4.78 is 27.9. The molecular weight excluding hydrogens is 564 g/mol. The number of hydrogen-bond acceptors (Lipinski definition) is 5. The average Bonchev–Trinajstić information content (AvgIpc) is 3.35. The highest BCUT2D eigenvalue weighted by atomic mass is 35.5. The van der Waals surface area contributed by atoms with Crippen molar-refractivity contribution in [2.45, 2.75) is 42.7 Å². The molecule has 2 aliphatic heterocycles. The van der Waals surface area contributed by atoms with Crippen molar-refractivity contribution in [3.63, 3.8) is 0 Å². The molecule has 5 rings (SSSR count). The Morgan fingerprint density at radius 3 is 2.51 bits per heavy atom. The average molecular weight is 597 g/mol. The summed E-state index contributed by atoms with van der Waals surface area (Å²) >= 11 is 6.04. The number of carbonyl (C=O) groups is 3. The maximum absolute atomic E-state index is 13.4. The summed E-state index contributed by atoms with van der Waals surface area (Å²) in [4.78, 5) is 42.2. The fraction of sp³-hybridized carbons (Fsp3) is 0.367. The SMILES string of the molecule is CN([C@H]1CCN(CCC(=O)N2CCCC(NC(=O)c3ccccc3)C2)C1=O)S(=O)(=O)c1ccc2cc(Cl)ccc2c1. The molecule has 2 heterocycles. The summed E-state index contributed by atoms with van der Waals surface area (Å²) in [6.07, 6.45) is 2.06. The smallest absolute Gasteiger partial charge is 0.251 e. The van der Waals surface area contributed by atoms with Gasteiger partial charge >= 0.3 is 0 Å². The monoisotopic (exact) mass is 596 g/mol. The van der Waals surface area contributed by atoms with Crippen LogP contribution in [-0.2, 0) is 19.6 Å². The number of nitrogens with one attached hydrogen (secondary N) is 1. The van der Waals surface area contributed by atoms with Gasteiger partial charge in [0.05, 0.1) is 4.90 Å². The molecule has 0 bridgehead atoms. The second kappa shape index (κ2) is 12.2. The van der Waals surface area contributed by atoms with Gasteiger partial charge in [-0.1, -0.05) is 41.9 Å². The maximum atomic E-state index is 13.4. The van der Waals surface area contributed by atoms with Crippen LogP contribution in [0.3, 0.4) is 0 Å². The van der Waals surface area contributed by atoms with Gasteiger partial charge in [0, 0.05) is 56.3 Å². The number of piperidine rings is 1. The minimum atomic E-state index is -3.92. The first-order valence-electron chi connectivity index (χ1n) is 13.7. The summed E-state index contributed by atoms with van der Waals surface area (Å²) in [5, 5.41) is 5.14. The Labute approximate surface area is 245 Å². The molecule has 11 heteroatoms. The number of hydrogen-bond donors (Lipinski definition) is 1. The van der Waals surface area contributed by atoms with Crippen molar-refractivity contribution in [2.24, 2.45) is 0 Å². The third-order valence-corrected chi connectivity index (χ3v) is 10.00. The van der Waals surface area contributed by atoms with E-state index < -0.39 is 16.1 Å². The topological polar surface area (TPSA) is 107 Å². The van der Waals surface area contributed by atoms with Crippen LogP contribution >= 0.6 is 11.6 Å². The second-order valence-corrected chi connectivity index (χ2v) is 13.0. The number of likely N-dealkylation sites (N-methyl/N-ethyl adjacent to an activating group) is 1. The molecule has 0 spiro atoms. The third kappa shape index (κ3) is 6.39. The fourth-order valence-corrected chi connectivity index (χ4v) is 7.10. The first-order valence-corrected chi connectivity index (χ1v) is 15.5. The number of benzene rings is 3. The lowest BCUT2D eigenvalue weighted by Crippen LogP contribution is -2.50. The van der Waals surface area contributed by atoms with Gasteiger partial charge in [-0.05, 0) is 66.4 Å². The molecule has 3 aromatic carbocycles. The van der Waals surface area contributed by atoms with E-state index in [1.807, 2.05) is 18.2 Å². The highest BCUT2D eigenvalue weighted by molar-refractivity contribution is 7.89. The van der Waals surface area contributed by atoms with Gasteiger partial charge in [0.1, 0.15) is 6.04 Å². The van der Waals surface area contributed by atoms with Crippen molar-refractivity contribution >= 4 is 50.1 Å². The zero-order chi connectivity index (χ0) is 29.1. The molecular formula is C30H33ClN4O5S. The summed E-state index contributed by atoms with van der Waals surface area (Å²) in [6.45, 7) is 1.62. The van der Waals surface area contributed by atoms with Crippen LogP contribution in [0.15, 0.2) is 71.6 Å². The Morgan fingerprint density at radius 1 is 1.00 bits per heavy atom. The van der Waals surface area contributed by atoms with E-state index >= 15 is 0 Å². The van der Waals surface area contributed by atoms with Gasteiger partial charge in [0.2, 0.25) is 21.8 Å². The maximum Gasteiger partial charge on any atom is 0.251 e. The molecule has 0 saturated carbocycles. The molecule has 41 heavy (non-hydrogen) atoms. The number of fused-ring (bicyclic) bond motifs is 1. The van der Waals surface area contributed by atoms with E-state index in [0.717, 1.165) is 27.9 Å². The van der Waals surface area contributed by atoms with Crippen molar-refractivity contribution in [3.8, 4) is 0 Å². The van der Waals surface area contributed by atoms with Gasteiger partial charge in [-0.25, -0.2) is 8.42 Å². The first kappa shape index (κ1) is 29.0. The van der Waals surface area contributed by atoms with Gasteiger partial charge in [0.25, 0.3) is 5.91 Å². The molecule has 1 unspecified atom stereocenters. The predicted octanol–water partition coefficient (Wildman–Crippen LogP) is 3.53. The zero-order valence-corrected chi connectivity index (χ0v) is 24.4. The number of likely N-dealkylation sites (tertiary alicyclic amines) is 2. The van der Waals surface area contributed by atoms with Gasteiger partial charge in [-0.2, -0.15) is 4.31 Å². The van der Waals surface area contributed by atoms with Crippen LogP contribution < -0.4 is 5.32 Å². The van der Waals surface area contributed by atoms with E-state index in [4.69, 9.17) is 11.6 Å². The zero-order valence-electron chi connectivity index (χ0n) is 22.8. The third-order valence-electron chi connectivity index (χ3n) is 7.90. The lowest BCUT2D eigenvalue weighted by Gasteiger charge is -2.33. The Balaban J connectivity index is 1.15. The Hall–Kier alpha value is -3.47. The normalized spacial score (nSPS) is 19.6. The van der Waals surface area contributed by atoms with E-state index in [2.05, 4.69) is 5.32 Å². The van der Waals surface area contributed by atoms with E-state index in [0.29, 0.717) is 36.6 Å². The highest BCUT2D eigenvalue weighted by Gasteiger charge is 2.40. The van der Waals surface area contributed by atoms with Gasteiger partial charge in [0.15, 0.2) is 0 Å². The van der Waals surface area contributed by atoms with E-state index in [1.54, 1.807) is 52.3 Å². The van der Waals surface area contributed by atoms with Crippen molar-refractivity contribution in [3.05, 3.63) is 77.3 Å². The van der Waals surface area contributed by atoms with Crippen molar-refractivity contribution in [1.82, 2.24) is 19.4 Å². The highest BCUT2D eigenvalue weighted by Crippen LogP contribution is 2.27. The Kier molecular flexibility index (Phi) is 8.63. The molecule has 2 atom stereocenters. The number of nitrogens with zero attached hydrogens (tertiary/aromatic N) is 3. The number of rotatable bonds is 8. The predicted molar refractivity (Wildman–Crippen MR) is 157 cm³/mol. The van der Waals surface area contributed by atoms with Crippen LogP contribution in [0.2, 0.25) is 5.02 Å². The van der Waals surface area contributed by atoms with Gasteiger partial charge < -0.3 is 15.1 Å². The van der Waals surface area contributed by atoms with Crippen LogP contribution in [0.25, 0.3) is 10.8 Å².